The second kappa shape index (κ2) is 7.45. The molecule has 4 nitrogen and oxygen atoms in total. The normalized spacial score (nSPS) is 10.1. The second-order valence-electron chi connectivity index (χ2n) is 5.07. The summed E-state index contributed by atoms with van der Waals surface area (Å²) >= 11 is 0. The Morgan fingerprint density at radius 1 is 1.09 bits per heavy atom. The summed E-state index contributed by atoms with van der Waals surface area (Å²) in [5, 5.41) is 2.75. The van der Waals surface area contributed by atoms with Gasteiger partial charge in [0.1, 0.15) is 11.6 Å². The molecule has 0 aliphatic rings. The first-order valence-electron chi connectivity index (χ1n) is 7.00. The zero-order chi connectivity index (χ0) is 15.9. The van der Waals surface area contributed by atoms with Crippen LogP contribution in [0, 0.1) is 5.82 Å². The number of hydrogen-bond acceptors (Lipinski definition) is 2. The van der Waals surface area contributed by atoms with Crippen molar-refractivity contribution in [3.63, 3.8) is 0 Å². The highest BCUT2D eigenvalue weighted by atomic mass is 19.1. The van der Waals surface area contributed by atoms with Crippen LogP contribution in [0.1, 0.15) is 5.56 Å². The SMILES string of the molecule is CN(C)C(=O)Nc1ccc(OCCc2ccc(F)cc2)cc1. The predicted octanol–water partition coefficient (Wildman–Crippen LogP) is 3.54. The number of rotatable bonds is 5. The zero-order valence-electron chi connectivity index (χ0n) is 12.7. The molecular weight excluding hydrogens is 283 g/mol. The molecular formula is C17H19FN2O2. The van der Waals surface area contributed by atoms with E-state index in [0.29, 0.717) is 18.7 Å². The summed E-state index contributed by atoms with van der Waals surface area (Å²) in [7, 11) is 3.37. The molecule has 0 spiro atoms. The van der Waals surface area contributed by atoms with Crippen LogP contribution in [-0.2, 0) is 6.42 Å². The van der Waals surface area contributed by atoms with Crippen molar-refractivity contribution in [1.82, 2.24) is 4.90 Å². The smallest absolute Gasteiger partial charge is 0.321 e. The fourth-order valence-corrected chi connectivity index (χ4v) is 1.81. The minimum absolute atomic E-state index is 0.176. The van der Waals surface area contributed by atoms with E-state index in [0.717, 1.165) is 11.3 Å². The number of halogens is 1. The van der Waals surface area contributed by atoms with Crippen molar-refractivity contribution < 1.29 is 13.9 Å². The third-order valence-electron chi connectivity index (χ3n) is 3.08. The summed E-state index contributed by atoms with van der Waals surface area (Å²) in [6.45, 7) is 0.509. The molecule has 0 aromatic heterocycles. The molecule has 0 fully saturated rings. The monoisotopic (exact) mass is 302 g/mol. The van der Waals surface area contributed by atoms with Gasteiger partial charge in [0.15, 0.2) is 0 Å². The van der Waals surface area contributed by atoms with Gasteiger partial charge in [-0.1, -0.05) is 12.1 Å². The fourth-order valence-electron chi connectivity index (χ4n) is 1.81. The van der Waals surface area contributed by atoms with Crippen LogP contribution in [0.5, 0.6) is 5.75 Å². The zero-order valence-corrected chi connectivity index (χ0v) is 12.7. The molecule has 0 radical (unpaired) electrons. The van der Waals surface area contributed by atoms with Gasteiger partial charge in [0.2, 0.25) is 0 Å². The van der Waals surface area contributed by atoms with Crippen LogP contribution in [0.15, 0.2) is 48.5 Å². The van der Waals surface area contributed by atoms with Crippen LogP contribution in [0.3, 0.4) is 0 Å². The van der Waals surface area contributed by atoms with Crippen molar-refractivity contribution in [3.05, 3.63) is 59.9 Å². The standard InChI is InChI=1S/C17H19FN2O2/c1-20(2)17(21)19-15-7-9-16(10-8-15)22-12-11-13-3-5-14(18)6-4-13/h3-10H,11-12H2,1-2H3,(H,19,21). The molecule has 0 aliphatic carbocycles. The second-order valence-corrected chi connectivity index (χ2v) is 5.07. The number of carbonyl (C=O) groups excluding carboxylic acids is 1. The first kappa shape index (κ1) is 15.8. The van der Waals surface area contributed by atoms with E-state index in [9.17, 15) is 9.18 Å². The van der Waals surface area contributed by atoms with Crippen LogP contribution >= 0.6 is 0 Å². The number of anilines is 1. The molecule has 0 heterocycles. The van der Waals surface area contributed by atoms with Crippen molar-refractivity contribution in [2.75, 3.05) is 26.0 Å². The molecule has 2 aromatic carbocycles. The lowest BCUT2D eigenvalue weighted by Crippen LogP contribution is -2.27. The lowest BCUT2D eigenvalue weighted by atomic mass is 10.2. The quantitative estimate of drug-likeness (QED) is 0.918. The van der Waals surface area contributed by atoms with Gasteiger partial charge in [-0.3, -0.25) is 0 Å². The van der Waals surface area contributed by atoms with E-state index in [1.54, 1.807) is 50.5 Å². The van der Waals surface area contributed by atoms with Gasteiger partial charge in [0.05, 0.1) is 6.61 Å². The molecule has 1 N–H and O–H groups in total. The highest BCUT2D eigenvalue weighted by Gasteiger charge is 2.03. The van der Waals surface area contributed by atoms with E-state index in [-0.39, 0.29) is 11.8 Å². The van der Waals surface area contributed by atoms with Crippen LogP contribution < -0.4 is 10.1 Å². The topological polar surface area (TPSA) is 41.6 Å². The van der Waals surface area contributed by atoms with Gasteiger partial charge in [0.25, 0.3) is 0 Å². The average Bonchev–Trinajstić information content (AvgIpc) is 2.51. The van der Waals surface area contributed by atoms with Crippen molar-refractivity contribution in [1.29, 1.82) is 0 Å². The number of amides is 2. The van der Waals surface area contributed by atoms with Gasteiger partial charge in [-0.05, 0) is 42.0 Å². The average molecular weight is 302 g/mol. The van der Waals surface area contributed by atoms with Gasteiger partial charge < -0.3 is 15.0 Å². The maximum atomic E-state index is 12.8. The number of nitrogens with zero attached hydrogens (tertiary/aromatic N) is 1. The molecule has 116 valence electrons. The van der Waals surface area contributed by atoms with Crippen LogP contribution in [-0.4, -0.2) is 31.6 Å². The number of ether oxygens (including phenoxy) is 1. The number of benzene rings is 2. The molecule has 0 bridgehead atoms. The molecule has 5 heteroatoms. The van der Waals surface area contributed by atoms with E-state index < -0.39 is 0 Å². The summed E-state index contributed by atoms with van der Waals surface area (Å²) in [5.41, 5.74) is 1.74. The third-order valence-corrected chi connectivity index (χ3v) is 3.08. The van der Waals surface area contributed by atoms with Gasteiger partial charge in [0, 0.05) is 26.2 Å². The minimum atomic E-state index is -0.236. The Morgan fingerprint density at radius 3 is 2.32 bits per heavy atom. The van der Waals surface area contributed by atoms with Crippen LogP contribution in [0.4, 0.5) is 14.9 Å². The van der Waals surface area contributed by atoms with Crippen molar-refractivity contribution in [2.24, 2.45) is 0 Å². The van der Waals surface area contributed by atoms with E-state index >= 15 is 0 Å². The molecule has 0 saturated heterocycles. The molecule has 0 saturated carbocycles. The predicted molar refractivity (Wildman–Crippen MR) is 84.7 cm³/mol. The van der Waals surface area contributed by atoms with Gasteiger partial charge >= 0.3 is 6.03 Å². The maximum Gasteiger partial charge on any atom is 0.321 e. The Balaban J connectivity index is 1.81. The van der Waals surface area contributed by atoms with E-state index in [1.165, 1.54) is 17.0 Å². The Kier molecular flexibility index (Phi) is 5.36. The maximum absolute atomic E-state index is 12.8. The molecule has 0 atom stereocenters. The van der Waals surface area contributed by atoms with Crippen LogP contribution in [0.2, 0.25) is 0 Å². The van der Waals surface area contributed by atoms with Crippen LogP contribution in [0.25, 0.3) is 0 Å². The summed E-state index contributed by atoms with van der Waals surface area (Å²) < 4.78 is 18.4. The van der Waals surface area contributed by atoms with E-state index in [1.807, 2.05) is 0 Å². The highest BCUT2D eigenvalue weighted by molar-refractivity contribution is 5.88. The largest absolute Gasteiger partial charge is 0.493 e. The molecule has 0 unspecified atom stereocenters. The van der Waals surface area contributed by atoms with Gasteiger partial charge in [-0.15, -0.1) is 0 Å². The first-order valence-corrected chi connectivity index (χ1v) is 7.00. The molecule has 2 aromatic rings. The fraction of sp³-hybridized carbons (Fsp3) is 0.235. The lowest BCUT2D eigenvalue weighted by Gasteiger charge is -2.12. The number of urea groups is 1. The third kappa shape index (κ3) is 4.77. The summed E-state index contributed by atoms with van der Waals surface area (Å²) in [5.74, 6) is 0.491. The highest BCUT2D eigenvalue weighted by Crippen LogP contribution is 2.16. The van der Waals surface area contributed by atoms with Gasteiger partial charge in [-0.2, -0.15) is 0 Å². The Labute approximate surface area is 129 Å². The molecule has 0 aliphatic heterocycles. The van der Waals surface area contributed by atoms with E-state index in [2.05, 4.69) is 5.32 Å². The minimum Gasteiger partial charge on any atom is -0.493 e. The summed E-state index contributed by atoms with van der Waals surface area (Å²) in [6.07, 6.45) is 0.708. The van der Waals surface area contributed by atoms with Crippen molar-refractivity contribution in [2.45, 2.75) is 6.42 Å². The Morgan fingerprint density at radius 2 is 1.73 bits per heavy atom. The van der Waals surface area contributed by atoms with Crippen molar-refractivity contribution in [3.8, 4) is 5.75 Å². The summed E-state index contributed by atoms with van der Waals surface area (Å²) in [6, 6.07) is 13.4. The van der Waals surface area contributed by atoms with E-state index in [4.69, 9.17) is 4.74 Å². The van der Waals surface area contributed by atoms with Crippen molar-refractivity contribution >= 4 is 11.7 Å². The first-order chi connectivity index (χ1) is 10.5. The summed E-state index contributed by atoms with van der Waals surface area (Å²) in [4.78, 5) is 13.0. The lowest BCUT2D eigenvalue weighted by molar-refractivity contribution is 0.230. The molecule has 2 amide bonds. The number of hydrogen-bond donors (Lipinski definition) is 1. The number of nitrogens with one attached hydrogen (secondary N) is 1. The molecule has 22 heavy (non-hydrogen) atoms. The molecule has 2 rings (SSSR count). The Hall–Kier alpha value is -2.56. The van der Waals surface area contributed by atoms with Gasteiger partial charge in [-0.25, -0.2) is 9.18 Å². The Bertz CT molecular complexity index is 610. The number of carbonyl (C=O) groups is 1.